The summed E-state index contributed by atoms with van der Waals surface area (Å²) >= 11 is 0. The van der Waals surface area contributed by atoms with Gasteiger partial charge in [-0.2, -0.15) is 0 Å². The van der Waals surface area contributed by atoms with Gasteiger partial charge in [-0.25, -0.2) is 0 Å². The van der Waals surface area contributed by atoms with E-state index >= 15 is 0 Å². The highest BCUT2D eigenvalue weighted by Gasteiger charge is 2.07. The van der Waals surface area contributed by atoms with Crippen LogP contribution >= 0.6 is 0 Å². The summed E-state index contributed by atoms with van der Waals surface area (Å²) in [6.45, 7) is 3.43. The van der Waals surface area contributed by atoms with Crippen molar-refractivity contribution >= 4 is 12.1 Å². The standard InChI is InChI=1S/C10H15NO2/c1-4-5-9(8(2)13)10(11-3)6-7-12/h5-7,11H,4H2,1-3H3/b9-5?,10-6+. The van der Waals surface area contributed by atoms with Gasteiger partial charge in [-0.15, -0.1) is 0 Å². The van der Waals surface area contributed by atoms with Crippen molar-refractivity contribution in [1.82, 2.24) is 5.32 Å². The van der Waals surface area contributed by atoms with E-state index in [1.807, 2.05) is 6.92 Å². The lowest BCUT2D eigenvalue weighted by atomic mass is 10.1. The Morgan fingerprint density at radius 3 is 2.38 bits per heavy atom. The Morgan fingerprint density at radius 1 is 1.46 bits per heavy atom. The average molecular weight is 181 g/mol. The highest BCUT2D eigenvalue weighted by Crippen LogP contribution is 2.08. The van der Waals surface area contributed by atoms with E-state index < -0.39 is 0 Å². The number of hydrogen-bond donors (Lipinski definition) is 1. The minimum atomic E-state index is -0.0377. The van der Waals surface area contributed by atoms with Crippen LogP contribution in [0.2, 0.25) is 0 Å². The zero-order valence-electron chi connectivity index (χ0n) is 8.26. The van der Waals surface area contributed by atoms with Crippen molar-refractivity contribution in [3.63, 3.8) is 0 Å². The maximum atomic E-state index is 11.1. The molecule has 0 aliphatic carbocycles. The first kappa shape index (κ1) is 11.6. The van der Waals surface area contributed by atoms with Crippen molar-refractivity contribution in [3.05, 3.63) is 23.4 Å². The second-order valence-corrected chi connectivity index (χ2v) is 2.55. The van der Waals surface area contributed by atoms with Crippen LogP contribution < -0.4 is 5.32 Å². The first-order valence-corrected chi connectivity index (χ1v) is 4.22. The Hall–Kier alpha value is -1.38. The molecule has 0 aromatic rings. The third kappa shape index (κ3) is 3.69. The molecule has 3 heteroatoms. The summed E-state index contributed by atoms with van der Waals surface area (Å²) in [4.78, 5) is 21.4. The molecule has 1 N–H and O–H groups in total. The normalized spacial score (nSPS) is 12.5. The first-order valence-electron chi connectivity index (χ1n) is 4.22. The number of aldehydes is 1. The zero-order valence-corrected chi connectivity index (χ0v) is 8.26. The molecule has 0 aromatic carbocycles. The van der Waals surface area contributed by atoms with Gasteiger partial charge in [0.1, 0.15) is 6.29 Å². The SMILES string of the molecule is CCC=C(C(C)=O)/C(=C\C=O)NC. The number of rotatable bonds is 5. The number of carbonyl (C=O) groups excluding carboxylic acids is 2. The van der Waals surface area contributed by atoms with Gasteiger partial charge >= 0.3 is 0 Å². The molecule has 0 heterocycles. The number of Topliss-reactive ketones (excluding diaryl/α,β-unsaturated/α-hetero) is 1. The topological polar surface area (TPSA) is 46.2 Å². The number of carbonyl (C=O) groups is 2. The summed E-state index contributed by atoms with van der Waals surface area (Å²) in [7, 11) is 1.68. The number of likely N-dealkylation sites (N-methyl/N-ethyl adjacent to an activating group) is 1. The molecule has 0 saturated heterocycles. The van der Waals surface area contributed by atoms with Gasteiger partial charge in [0.05, 0.1) is 0 Å². The molecule has 0 amide bonds. The van der Waals surface area contributed by atoms with Gasteiger partial charge in [0.2, 0.25) is 0 Å². The zero-order chi connectivity index (χ0) is 10.3. The van der Waals surface area contributed by atoms with Gasteiger partial charge in [-0.1, -0.05) is 13.0 Å². The van der Waals surface area contributed by atoms with Crippen molar-refractivity contribution in [3.8, 4) is 0 Å². The van der Waals surface area contributed by atoms with Crippen molar-refractivity contribution in [2.75, 3.05) is 7.05 Å². The fourth-order valence-electron chi connectivity index (χ4n) is 1.02. The van der Waals surface area contributed by atoms with E-state index in [1.165, 1.54) is 13.0 Å². The van der Waals surface area contributed by atoms with E-state index in [-0.39, 0.29) is 5.78 Å². The van der Waals surface area contributed by atoms with Gasteiger partial charge in [-0.05, 0) is 13.3 Å². The van der Waals surface area contributed by atoms with Gasteiger partial charge in [-0.3, -0.25) is 9.59 Å². The van der Waals surface area contributed by atoms with E-state index in [0.717, 1.165) is 6.42 Å². The van der Waals surface area contributed by atoms with Crippen LogP contribution in [0.5, 0.6) is 0 Å². The lowest BCUT2D eigenvalue weighted by Crippen LogP contribution is -2.13. The molecule has 0 radical (unpaired) electrons. The van der Waals surface area contributed by atoms with Crippen LogP contribution in [0.1, 0.15) is 20.3 Å². The summed E-state index contributed by atoms with van der Waals surface area (Å²) in [5, 5.41) is 2.81. The van der Waals surface area contributed by atoms with Crippen LogP contribution in [0.25, 0.3) is 0 Å². The summed E-state index contributed by atoms with van der Waals surface area (Å²) in [5.41, 5.74) is 1.14. The Morgan fingerprint density at radius 2 is 2.08 bits per heavy atom. The van der Waals surface area contributed by atoms with Crippen LogP contribution in [-0.4, -0.2) is 19.1 Å². The second-order valence-electron chi connectivity index (χ2n) is 2.55. The molecule has 0 atom stereocenters. The van der Waals surface area contributed by atoms with Crippen molar-refractivity contribution < 1.29 is 9.59 Å². The second kappa shape index (κ2) is 6.17. The summed E-state index contributed by atoms with van der Waals surface area (Å²) in [6, 6.07) is 0. The molecule has 0 aromatic heterocycles. The summed E-state index contributed by atoms with van der Waals surface area (Å²) in [6.07, 6.45) is 4.59. The molecule has 0 saturated carbocycles. The van der Waals surface area contributed by atoms with Gasteiger partial charge in [0, 0.05) is 24.4 Å². The fraction of sp³-hybridized carbons (Fsp3) is 0.400. The van der Waals surface area contributed by atoms with Crippen molar-refractivity contribution in [1.29, 1.82) is 0 Å². The fourth-order valence-corrected chi connectivity index (χ4v) is 1.02. The van der Waals surface area contributed by atoms with Crippen LogP contribution in [0.15, 0.2) is 23.4 Å². The van der Waals surface area contributed by atoms with E-state index in [0.29, 0.717) is 17.6 Å². The minimum Gasteiger partial charge on any atom is -0.387 e. The third-order valence-corrected chi connectivity index (χ3v) is 1.58. The quantitative estimate of drug-likeness (QED) is 0.394. The lowest BCUT2D eigenvalue weighted by Gasteiger charge is -2.07. The predicted octanol–water partition coefficient (Wildman–Crippen LogP) is 1.21. The molecule has 3 nitrogen and oxygen atoms in total. The smallest absolute Gasteiger partial charge is 0.161 e. The maximum absolute atomic E-state index is 11.1. The van der Waals surface area contributed by atoms with Crippen LogP contribution in [0, 0.1) is 0 Å². The molecular weight excluding hydrogens is 166 g/mol. The highest BCUT2D eigenvalue weighted by atomic mass is 16.1. The Balaban J connectivity index is 4.91. The number of hydrogen-bond acceptors (Lipinski definition) is 3. The van der Waals surface area contributed by atoms with Gasteiger partial charge < -0.3 is 5.32 Å². The number of nitrogens with one attached hydrogen (secondary N) is 1. The van der Waals surface area contributed by atoms with Crippen molar-refractivity contribution in [2.24, 2.45) is 0 Å². The molecule has 0 fully saturated rings. The van der Waals surface area contributed by atoms with Crippen LogP contribution in [-0.2, 0) is 9.59 Å². The van der Waals surface area contributed by atoms with E-state index in [4.69, 9.17) is 0 Å². The summed E-state index contributed by atoms with van der Waals surface area (Å²) in [5.74, 6) is -0.0377. The minimum absolute atomic E-state index is 0.0377. The largest absolute Gasteiger partial charge is 0.387 e. The predicted molar refractivity (Wildman–Crippen MR) is 52.3 cm³/mol. The molecule has 0 bridgehead atoms. The molecule has 72 valence electrons. The molecular formula is C10H15NO2. The van der Waals surface area contributed by atoms with Crippen LogP contribution in [0.4, 0.5) is 0 Å². The van der Waals surface area contributed by atoms with Gasteiger partial charge in [0.25, 0.3) is 0 Å². The highest BCUT2D eigenvalue weighted by molar-refractivity contribution is 5.98. The Bertz CT molecular complexity index is 252. The Kier molecular flexibility index (Phi) is 5.52. The van der Waals surface area contributed by atoms with Crippen molar-refractivity contribution in [2.45, 2.75) is 20.3 Å². The van der Waals surface area contributed by atoms with Gasteiger partial charge in [0.15, 0.2) is 5.78 Å². The number of ketones is 1. The maximum Gasteiger partial charge on any atom is 0.161 e. The average Bonchev–Trinajstić information content (AvgIpc) is 2.10. The third-order valence-electron chi connectivity index (χ3n) is 1.58. The van der Waals surface area contributed by atoms with E-state index in [9.17, 15) is 9.59 Å². The molecule has 0 aliphatic rings. The summed E-state index contributed by atoms with van der Waals surface area (Å²) < 4.78 is 0. The van der Waals surface area contributed by atoms with E-state index in [1.54, 1.807) is 13.1 Å². The molecule has 0 spiro atoms. The first-order chi connectivity index (χ1) is 6.17. The molecule has 0 unspecified atom stereocenters. The van der Waals surface area contributed by atoms with E-state index in [2.05, 4.69) is 5.32 Å². The molecule has 0 rings (SSSR count). The molecule has 0 aliphatic heterocycles. The monoisotopic (exact) mass is 181 g/mol. The Labute approximate surface area is 78.5 Å². The molecule has 13 heavy (non-hydrogen) atoms. The lowest BCUT2D eigenvalue weighted by molar-refractivity contribution is -0.113. The van der Waals surface area contributed by atoms with Crippen LogP contribution in [0.3, 0.4) is 0 Å². The number of allylic oxidation sites excluding steroid dienone is 3.